The first kappa shape index (κ1) is 11.7. The minimum absolute atomic E-state index is 0.271. The summed E-state index contributed by atoms with van der Waals surface area (Å²) < 4.78 is 5.28. The Morgan fingerprint density at radius 3 is 2.71 bits per heavy atom. The predicted molar refractivity (Wildman–Crippen MR) is 79.9 cm³/mol. The van der Waals surface area contributed by atoms with Crippen LogP contribution < -0.4 is 0 Å². The molecule has 0 saturated carbocycles. The molecule has 0 bridgehead atoms. The Hall–Kier alpha value is -1.94. The highest BCUT2D eigenvalue weighted by atomic mass is 16.7. The molecule has 2 aliphatic rings. The topological polar surface area (TPSA) is 53.0 Å². The maximum absolute atomic E-state index is 10.3. The third-order valence-corrected chi connectivity index (χ3v) is 4.83. The lowest BCUT2D eigenvalue weighted by Crippen LogP contribution is -2.30. The zero-order valence-electron chi connectivity index (χ0n) is 11.3. The number of rotatable bonds is 0. The van der Waals surface area contributed by atoms with Crippen LogP contribution in [0, 0.1) is 0 Å². The Kier molecular flexibility index (Phi) is 2.02. The molecule has 1 aliphatic carbocycles. The van der Waals surface area contributed by atoms with E-state index in [0.29, 0.717) is 6.42 Å². The molecule has 3 aromatic rings. The largest absolute Gasteiger partial charge is 0.383 e. The fraction of sp³-hybridized carbons (Fsp3) is 0.222. The maximum Gasteiger partial charge on any atom is 0.224 e. The van der Waals surface area contributed by atoms with Gasteiger partial charge in [-0.3, -0.25) is 0 Å². The van der Waals surface area contributed by atoms with Gasteiger partial charge in [0.05, 0.1) is 0 Å². The lowest BCUT2D eigenvalue weighted by atomic mass is 9.85. The normalized spacial score (nSPS) is 30.2. The van der Waals surface area contributed by atoms with Crippen molar-refractivity contribution < 1.29 is 14.9 Å². The Morgan fingerprint density at radius 1 is 1.00 bits per heavy atom. The van der Waals surface area contributed by atoms with Gasteiger partial charge in [-0.2, -0.15) is 0 Å². The van der Waals surface area contributed by atoms with Crippen LogP contribution in [-0.2, 0) is 11.2 Å². The van der Waals surface area contributed by atoms with E-state index in [9.17, 15) is 10.2 Å². The molecule has 1 saturated heterocycles. The molecule has 3 nitrogen and oxygen atoms in total. The highest BCUT2D eigenvalue weighted by molar-refractivity contribution is 6.07. The van der Waals surface area contributed by atoms with Gasteiger partial charge in [-0.25, -0.2) is 0 Å². The smallest absolute Gasteiger partial charge is 0.224 e. The van der Waals surface area contributed by atoms with Crippen molar-refractivity contribution in [2.45, 2.75) is 24.4 Å². The van der Waals surface area contributed by atoms with Crippen LogP contribution in [0.25, 0.3) is 21.5 Å². The van der Waals surface area contributed by atoms with Crippen molar-refractivity contribution >= 4 is 21.5 Å². The lowest BCUT2D eigenvalue weighted by molar-refractivity contribution is -0.0746. The van der Waals surface area contributed by atoms with E-state index in [4.69, 9.17) is 4.74 Å². The van der Waals surface area contributed by atoms with Crippen LogP contribution in [0.5, 0.6) is 0 Å². The van der Waals surface area contributed by atoms with Gasteiger partial charge in [-0.1, -0.05) is 42.5 Å². The number of epoxide rings is 1. The van der Waals surface area contributed by atoms with Crippen molar-refractivity contribution in [1.29, 1.82) is 0 Å². The maximum atomic E-state index is 10.3. The summed E-state index contributed by atoms with van der Waals surface area (Å²) in [5.74, 6) is -1.36. The Morgan fingerprint density at radius 2 is 1.81 bits per heavy atom. The van der Waals surface area contributed by atoms with E-state index in [-0.39, 0.29) is 6.10 Å². The minimum atomic E-state index is -1.36. The van der Waals surface area contributed by atoms with Gasteiger partial charge in [0.25, 0.3) is 0 Å². The summed E-state index contributed by atoms with van der Waals surface area (Å²) in [5, 5.41) is 25.1. The molecule has 21 heavy (non-hydrogen) atoms. The number of benzene rings is 3. The fourth-order valence-electron chi connectivity index (χ4n) is 3.59. The molecule has 0 spiro atoms. The van der Waals surface area contributed by atoms with E-state index in [1.807, 2.05) is 18.2 Å². The summed E-state index contributed by atoms with van der Waals surface area (Å²) in [6, 6.07) is 16.6. The molecule has 1 heterocycles. The van der Waals surface area contributed by atoms with Crippen LogP contribution in [0.2, 0.25) is 0 Å². The number of hydrogen-bond acceptors (Lipinski definition) is 3. The number of aliphatic hydroxyl groups excluding tert-OH is 1. The van der Waals surface area contributed by atoms with E-state index in [1.165, 1.54) is 16.2 Å². The van der Waals surface area contributed by atoms with E-state index in [1.54, 1.807) is 0 Å². The zero-order chi connectivity index (χ0) is 14.2. The van der Waals surface area contributed by atoms with Crippen molar-refractivity contribution in [3.05, 3.63) is 59.7 Å². The average molecular weight is 278 g/mol. The molecule has 104 valence electrons. The first-order valence-corrected chi connectivity index (χ1v) is 7.19. The summed E-state index contributed by atoms with van der Waals surface area (Å²) in [7, 11) is 0. The summed E-state index contributed by atoms with van der Waals surface area (Å²) in [6.07, 6.45) is -0.572. The van der Waals surface area contributed by atoms with Crippen molar-refractivity contribution in [3.8, 4) is 0 Å². The number of hydrogen-bond donors (Lipinski definition) is 2. The predicted octanol–water partition coefficient (Wildman–Crippen LogP) is 2.67. The zero-order valence-corrected chi connectivity index (χ0v) is 11.3. The number of ether oxygens (including phenoxy) is 1. The monoisotopic (exact) mass is 278 g/mol. The minimum Gasteiger partial charge on any atom is -0.383 e. The molecule has 3 unspecified atom stereocenters. The number of fused-ring (bicyclic) bond motifs is 5. The molecule has 3 atom stereocenters. The van der Waals surface area contributed by atoms with Crippen LogP contribution in [0.4, 0.5) is 0 Å². The van der Waals surface area contributed by atoms with Gasteiger partial charge < -0.3 is 14.9 Å². The molecule has 0 radical (unpaired) electrons. The molecule has 0 aromatic heterocycles. The van der Waals surface area contributed by atoms with Gasteiger partial charge in [-0.05, 0) is 38.7 Å². The molecular weight excluding hydrogens is 264 g/mol. The molecule has 0 amide bonds. The molecule has 2 N–H and O–H groups in total. The van der Waals surface area contributed by atoms with E-state index < -0.39 is 11.9 Å². The number of aliphatic hydroxyl groups is 2. The molecule has 1 aliphatic heterocycles. The molecule has 5 rings (SSSR count). The molecular formula is C18H14O3. The second-order valence-corrected chi connectivity index (χ2v) is 6.02. The van der Waals surface area contributed by atoms with Crippen molar-refractivity contribution in [2.75, 3.05) is 0 Å². The highest BCUT2D eigenvalue weighted by Gasteiger charge is 2.63. The van der Waals surface area contributed by atoms with Crippen LogP contribution >= 0.6 is 0 Å². The van der Waals surface area contributed by atoms with Gasteiger partial charge in [0.2, 0.25) is 5.79 Å². The SMILES string of the molecule is OC1c2cc3ccc4ccccc4c3cc2CC2OC21O. The fourth-order valence-corrected chi connectivity index (χ4v) is 3.59. The Balaban J connectivity index is 1.83. The van der Waals surface area contributed by atoms with Crippen LogP contribution in [0.3, 0.4) is 0 Å². The molecule has 1 fully saturated rings. The van der Waals surface area contributed by atoms with Gasteiger partial charge in [0.1, 0.15) is 12.2 Å². The second kappa shape index (κ2) is 3.63. The third kappa shape index (κ3) is 1.43. The van der Waals surface area contributed by atoms with Crippen LogP contribution in [-0.4, -0.2) is 22.1 Å². The standard InChI is InChI=1S/C18H14O3/c19-17-15-7-11-6-5-10-3-1-2-4-13(10)14(11)8-12(15)9-16-18(17,20)21-16/h1-8,16-17,19-20H,9H2. The van der Waals surface area contributed by atoms with E-state index >= 15 is 0 Å². The first-order chi connectivity index (χ1) is 10.2. The van der Waals surface area contributed by atoms with Gasteiger partial charge >= 0.3 is 0 Å². The second-order valence-electron chi connectivity index (χ2n) is 6.02. The van der Waals surface area contributed by atoms with Crippen LogP contribution in [0.1, 0.15) is 17.2 Å². The average Bonchev–Trinajstić information content (AvgIpc) is 3.18. The van der Waals surface area contributed by atoms with Crippen LogP contribution in [0.15, 0.2) is 48.5 Å². The third-order valence-electron chi connectivity index (χ3n) is 4.83. The summed E-state index contributed by atoms with van der Waals surface area (Å²) in [4.78, 5) is 0. The quantitative estimate of drug-likeness (QED) is 0.491. The van der Waals surface area contributed by atoms with E-state index in [0.717, 1.165) is 16.5 Å². The molecule has 3 aromatic carbocycles. The van der Waals surface area contributed by atoms with Gasteiger partial charge in [-0.15, -0.1) is 0 Å². The molecule has 3 heteroatoms. The van der Waals surface area contributed by atoms with Gasteiger partial charge in [0.15, 0.2) is 0 Å². The first-order valence-electron chi connectivity index (χ1n) is 7.19. The Bertz CT molecular complexity index is 901. The van der Waals surface area contributed by atoms with Crippen molar-refractivity contribution in [2.24, 2.45) is 0 Å². The highest BCUT2D eigenvalue weighted by Crippen LogP contribution is 2.51. The van der Waals surface area contributed by atoms with Gasteiger partial charge in [0, 0.05) is 6.42 Å². The van der Waals surface area contributed by atoms with Crippen molar-refractivity contribution in [3.63, 3.8) is 0 Å². The lowest BCUT2D eigenvalue weighted by Gasteiger charge is -2.23. The van der Waals surface area contributed by atoms with E-state index in [2.05, 4.69) is 30.3 Å². The Labute approximate surface area is 121 Å². The summed E-state index contributed by atoms with van der Waals surface area (Å²) in [6.45, 7) is 0. The summed E-state index contributed by atoms with van der Waals surface area (Å²) in [5.41, 5.74) is 1.85. The summed E-state index contributed by atoms with van der Waals surface area (Å²) >= 11 is 0. The van der Waals surface area contributed by atoms with Crippen molar-refractivity contribution in [1.82, 2.24) is 0 Å².